The molecule has 1 aliphatic carbocycles. The fourth-order valence-electron chi connectivity index (χ4n) is 2.87. The van der Waals surface area contributed by atoms with Crippen LogP contribution in [0.1, 0.15) is 28.8 Å². The van der Waals surface area contributed by atoms with Gasteiger partial charge in [-0.3, -0.25) is 4.90 Å². The number of piperazine rings is 1. The molecule has 1 aliphatic heterocycles. The minimum absolute atomic E-state index is 0.403. The molecule has 2 aliphatic rings. The average Bonchev–Trinajstić information content (AvgIpc) is 3.22. The first-order valence-corrected chi connectivity index (χ1v) is 6.98. The van der Waals surface area contributed by atoms with E-state index < -0.39 is 5.97 Å². The van der Waals surface area contributed by atoms with Crippen molar-refractivity contribution in [1.29, 1.82) is 0 Å². The van der Waals surface area contributed by atoms with E-state index in [1.54, 1.807) is 6.07 Å². The molecule has 0 amide bonds. The van der Waals surface area contributed by atoms with E-state index in [2.05, 4.69) is 9.80 Å². The highest BCUT2D eigenvalue weighted by molar-refractivity contribution is 5.89. The van der Waals surface area contributed by atoms with Gasteiger partial charge < -0.3 is 10.0 Å². The normalized spacial score (nSPS) is 20.6. The number of benzene rings is 1. The van der Waals surface area contributed by atoms with Crippen LogP contribution in [0.2, 0.25) is 0 Å². The predicted molar refractivity (Wildman–Crippen MR) is 74.9 cm³/mol. The van der Waals surface area contributed by atoms with Gasteiger partial charge in [0.15, 0.2) is 0 Å². The zero-order valence-electron chi connectivity index (χ0n) is 11.3. The van der Waals surface area contributed by atoms with E-state index in [4.69, 9.17) is 5.11 Å². The number of hydrogen-bond donors (Lipinski definition) is 1. The lowest BCUT2D eigenvalue weighted by Gasteiger charge is -2.36. The van der Waals surface area contributed by atoms with Gasteiger partial charge in [0.05, 0.1) is 5.56 Å². The predicted octanol–water partition coefficient (Wildman–Crippen LogP) is 1.98. The SMILES string of the molecule is Cc1cc(N2CCN(C3CC3)CC2)ccc1C(=O)O. The third-order valence-corrected chi connectivity index (χ3v) is 4.18. The lowest BCUT2D eigenvalue weighted by atomic mass is 10.1. The van der Waals surface area contributed by atoms with Crippen LogP contribution in [0.25, 0.3) is 0 Å². The monoisotopic (exact) mass is 260 g/mol. The summed E-state index contributed by atoms with van der Waals surface area (Å²) in [7, 11) is 0. The van der Waals surface area contributed by atoms with Crippen molar-refractivity contribution in [2.45, 2.75) is 25.8 Å². The number of carboxylic acid groups (broad SMARTS) is 1. The molecular weight excluding hydrogens is 240 g/mol. The van der Waals surface area contributed by atoms with Gasteiger partial charge in [0.1, 0.15) is 0 Å². The molecule has 0 atom stereocenters. The third kappa shape index (κ3) is 2.59. The lowest BCUT2D eigenvalue weighted by Crippen LogP contribution is -2.47. The Morgan fingerprint density at radius 1 is 1.21 bits per heavy atom. The molecule has 102 valence electrons. The molecule has 4 nitrogen and oxygen atoms in total. The van der Waals surface area contributed by atoms with Gasteiger partial charge in [-0.25, -0.2) is 4.79 Å². The van der Waals surface area contributed by atoms with Crippen LogP contribution >= 0.6 is 0 Å². The van der Waals surface area contributed by atoms with Crippen molar-refractivity contribution in [3.63, 3.8) is 0 Å². The summed E-state index contributed by atoms with van der Waals surface area (Å²) in [5.74, 6) is -0.845. The number of carboxylic acids is 1. The largest absolute Gasteiger partial charge is 0.478 e. The Hall–Kier alpha value is -1.55. The van der Waals surface area contributed by atoms with Crippen LogP contribution in [0.5, 0.6) is 0 Å². The molecular formula is C15H20N2O2. The molecule has 0 radical (unpaired) electrons. The first-order valence-electron chi connectivity index (χ1n) is 6.98. The second kappa shape index (κ2) is 4.85. The van der Waals surface area contributed by atoms with Crippen molar-refractivity contribution in [3.05, 3.63) is 29.3 Å². The van der Waals surface area contributed by atoms with Gasteiger partial charge in [0.2, 0.25) is 0 Å². The maximum absolute atomic E-state index is 11.0. The van der Waals surface area contributed by atoms with Gasteiger partial charge >= 0.3 is 5.97 Å². The summed E-state index contributed by atoms with van der Waals surface area (Å²) in [5, 5.41) is 9.05. The van der Waals surface area contributed by atoms with Crippen LogP contribution in [0, 0.1) is 6.92 Å². The molecule has 1 N–H and O–H groups in total. The first-order chi connectivity index (χ1) is 9.15. The van der Waals surface area contributed by atoms with E-state index in [-0.39, 0.29) is 0 Å². The Morgan fingerprint density at radius 2 is 1.89 bits per heavy atom. The quantitative estimate of drug-likeness (QED) is 0.902. The Labute approximate surface area is 113 Å². The fraction of sp³-hybridized carbons (Fsp3) is 0.533. The Bertz CT molecular complexity index is 489. The van der Waals surface area contributed by atoms with Crippen LogP contribution in [-0.2, 0) is 0 Å². The lowest BCUT2D eigenvalue weighted by molar-refractivity contribution is 0.0696. The molecule has 0 spiro atoms. The number of anilines is 1. The molecule has 0 unspecified atom stereocenters. The molecule has 1 heterocycles. The molecule has 1 aromatic carbocycles. The van der Waals surface area contributed by atoms with E-state index in [0.29, 0.717) is 5.56 Å². The third-order valence-electron chi connectivity index (χ3n) is 4.18. The highest BCUT2D eigenvalue weighted by Gasteiger charge is 2.31. The van der Waals surface area contributed by atoms with Crippen LogP contribution in [0.15, 0.2) is 18.2 Å². The number of nitrogens with zero attached hydrogens (tertiary/aromatic N) is 2. The number of carbonyl (C=O) groups is 1. The maximum Gasteiger partial charge on any atom is 0.335 e. The van der Waals surface area contributed by atoms with Crippen molar-refractivity contribution >= 4 is 11.7 Å². The van der Waals surface area contributed by atoms with Crippen LogP contribution in [0.3, 0.4) is 0 Å². The molecule has 1 saturated carbocycles. The Balaban J connectivity index is 1.69. The highest BCUT2D eigenvalue weighted by atomic mass is 16.4. The molecule has 19 heavy (non-hydrogen) atoms. The summed E-state index contributed by atoms with van der Waals surface area (Å²) in [4.78, 5) is 16.0. The molecule has 4 heteroatoms. The van der Waals surface area contributed by atoms with Gasteiger partial charge in [-0.1, -0.05) is 0 Å². The van der Waals surface area contributed by atoms with Crippen molar-refractivity contribution < 1.29 is 9.90 Å². The van der Waals surface area contributed by atoms with Crippen LogP contribution in [0.4, 0.5) is 5.69 Å². The second-order valence-electron chi connectivity index (χ2n) is 5.56. The topological polar surface area (TPSA) is 43.8 Å². The highest BCUT2D eigenvalue weighted by Crippen LogP contribution is 2.28. The van der Waals surface area contributed by atoms with E-state index in [1.165, 1.54) is 12.8 Å². The van der Waals surface area contributed by atoms with Crippen LogP contribution < -0.4 is 4.90 Å². The molecule has 1 saturated heterocycles. The Kier molecular flexibility index (Phi) is 3.19. The smallest absolute Gasteiger partial charge is 0.335 e. The molecule has 0 bridgehead atoms. The van der Waals surface area contributed by atoms with Crippen LogP contribution in [-0.4, -0.2) is 48.2 Å². The van der Waals surface area contributed by atoms with Gasteiger partial charge in [-0.15, -0.1) is 0 Å². The Morgan fingerprint density at radius 3 is 2.42 bits per heavy atom. The van der Waals surface area contributed by atoms with Gasteiger partial charge in [0, 0.05) is 37.9 Å². The van der Waals surface area contributed by atoms with Gasteiger partial charge in [-0.05, 0) is 43.5 Å². The fourth-order valence-corrected chi connectivity index (χ4v) is 2.87. The second-order valence-corrected chi connectivity index (χ2v) is 5.56. The first kappa shape index (κ1) is 12.5. The van der Waals surface area contributed by atoms with E-state index in [1.807, 2.05) is 19.1 Å². The molecule has 1 aromatic rings. The summed E-state index contributed by atoms with van der Waals surface area (Å²) in [6.07, 6.45) is 2.73. The summed E-state index contributed by atoms with van der Waals surface area (Å²) in [6, 6.07) is 6.50. The molecule has 3 rings (SSSR count). The number of aromatic carboxylic acids is 1. The minimum atomic E-state index is -0.845. The van der Waals surface area contributed by atoms with Gasteiger partial charge in [-0.2, -0.15) is 0 Å². The number of rotatable bonds is 3. The minimum Gasteiger partial charge on any atom is -0.478 e. The summed E-state index contributed by atoms with van der Waals surface area (Å²) < 4.78 is 0. The van der Waals surface area contributed by atoms with Crippen molar-refractivity contribution in [2.24, 2.45) is 0 Å². The van der Waals surface area contributed by atoms with E-state index in [0.717, 1.165) is 43.5 Å². The molecule has 2 fully saturated rings. The number of hydrogen-bond acceptors (Lipinski definition) is 3. The summed E-state index contributed by atoms with van der Waals surface area (Å²) >= 11 is 0. The average molecular weight is 260 g/mol. The number of aryl methyl sites for hydroxylation is 1. The zero-order chi connectivity index (χ0) is 13.4. The van der Waals surface area contributed by atoms with E-state index >= 15 is 0 Å². The van der Waals surface area contributed by atoms with Crippen molar-refractivity contribution in [1.82, 2.24) is 4.90 Å². The summed E-state index contributed by atoms with van der Waals surface area (Å²) in [5.41, 5.74) is 2.40. The maximum atomic E-state index is 11.0. The van der Waals surface area contributed by atoms with Crippen molar-refractivity contribution in [2.75, 3.05) is 31.1 Å². The van der Waals surface area contributed by atoms with Crippen molar-refractivity contribution in [3.8, 4) is 0 Å². The standard InChI is InChI=1S/C15H20N2O2/c1-11-10-13(4-5-14(11)15(18)19)17-8-6-16(7-9-17)12-2-3-12/h4-5,10,12H,2-3,6-9H2,1H3,(H,18,19). The molecule has 0 aromatic heterocycles. The summed E-state index contributed by atoms with van der Waals surface area (Å²) in [6.45, 7) is 6.22. The van der Waals surface area contributed by atoms with Gasteiger partial charge in [0.25, 0.3) is 0 Å². The zero-order valence-corrected chi connectivity index (χ0v) is 11.3. The van der Waals surface area contributed by atoms with E-state index in [9.17, 15) is 4.79 Å².